The standard InChI is InChI=1S/C5H5BrN2O.ClH/c6-3-1-4(7)5(9)8-2-3;/h1-2H,7H2,(H,8,9);1H. The van der Waals surface area contributed by atoms with E-state index in [1.807, 2.05) is 0 Å². The van der Waals surface area contributed by atoms with Crippen LogP contribution in [0.3, 0.4) is 0 Å². The second kappa shape index (κ2) is 3.63. The maximum absolute atomic E-state index is 10.6. The summed E-state index contributed by atoms with van der Waals surface area (Å²) in [5.41, 5.74) is 5.22. The number of hydrogen-bond acceptors (Lipinski definition) is 2. The average Bonchev–Trinajstić information content (AvgIpc) is 1.80. The smallest absolute Gasteiger partial charge is 0.271 e. The van der Waals surface area contributed by atoms with Gasteiger partial charge in [-0.05, 0) is 22.0 Å². The Kier molecular flexibility index (Phi) is 3.46. The Morgan fingerprint density at radius 1 is 1.60 bits per heavy atom. The Balaban J connectivity index is 0.000000810. The number of halogens is 2. The zero-order chi connectivity index (χ0) is 6.85. The number of anilines is 1. The van der Waals surface area contributed by atoms with E-state index in [0.717, 1.165) is 4.47 Å². The molecule has 1 rings (SSSR count). The molecule has 0 unspecified atom stereocenters. The first-order valence-corrected chi connectivity index (χ1v) is 3.13. The van der Waals surface area contributed by atoms with Gasteiger partial charge < -0.3 is 10.7 Å². The van der Waals surface area contributed by atoms with Crippen molar-refractivity contribution in [2.45, 2.75) is 0 Å². The molecule has 3 nitrogen and oxygen atoms in total. The summed E-state index contributed by atoms with van der Waals surface area (Å²) in [6.07, 6.45) is 1.54. The molecule has 56 valence electrons. The molecule has 5 heteroatoms. The summed E-state index contributed by atoms with van der Waals surface area (Å²) in [6.45, 7) is 0. The van der Waals surface area contributed by atoms with E-state index >= 15 is 0 Å². The fraction of sp³-hybridized carbons (Fsp3) is 0. The van der Waals surface area contributed by atoms with Crippen LogP contribution in [-0.2, 0) is 0 Å². The van der Waals surface area contributed by atoms with E-state index in [2.05, 4.69) is 20.9 Å². The average molecular weight is 225 g/mol. The molecule has 0 saturated heterocycles. The SMILES string of the molecule is Cl.Nc1cc(Br)c[nH]c1=O. The molecular weight excluding hydrogens is 219 g/mol. The number of aromatic nitrogens is 1. The van der Waals surface area contributed by atoms with Gasteiger partial charge in [-0.2, -0.15) is 0 Å². The summed E-state index contributed by atoms with van der Waals surface area (Å²) in [5.74, 6) is 0. The van der Waals surface area contributed by atoms with Crippen molar-refractivity contribution in [1.82, 2.24) is 4.98 Å². The number of nitrogens with one attached hydrogen (secondary N) is 1. The van der Waals surface area contributed by atoms with Crippen LogP contribution in [0.1, 0.15) is 0 Å². The number of rotatable bonds is 0. The maximum Gasteiger partial charge on any atom is 0.271 e. The molecule has 0 aliphatic rings. The number of pyridine rings is 1. The lowest BCUT2D eigenvalue weighted by molar-refractivity contribution is 1.23. The molecule has 0 aliphatic heterocycles. The Morgan fingerprint density at radius 2 is 2.20 bits per heavy atom. The predicted octanol–water partition coefficient (Wildman–Crippen LogP) is 1.14. The number of H-pyrrole nitrogens is 1. The number of nitrogens with two attached hydrogens (primary N) is 1. The summed E-state index contributed by atoms with van der Waals surface area (Å²) in [4.78, 5) is 13.0. The second-order valence-electron chi connectivity index (χ2n) is 1.60. The van der Waals surface area contributed by atoms with Crippen molar-refractivity contribution in [2.75, 3.05) is 5.73 Å². The van der Waals surface area contributed by atoms with Gasteiger partial charge in [0.05, 0.1) is 5.69 Å². The highest BCUT2D eigenvalue weighted by Gasteiger charge is 1.91. The number of nitrogen functional groups attached to an aromatic ring is 1. The molecule has 1 aromatic heterocycles. The topological polar surface area (TPSA) is 58.9 Å². The zero-order valence-electron chi connectivity index (χ0n) is 4.93. The Morgan fingerprint density at radius 3 is 2.60 bits per heavy atom. The predicted molar refractivity (Wildman–Crippen MR) is 46.4 cm³/mol. The van der Waals surface area contributed by atoms with E-state index in [1.165, 1.54) is 0 Å². The third-order valence-electron chi connectivity index (χ3n) is 0.897. The molecule has 0 spiro atoms. The largest absolute Gasteiger partial charge is 0.394 e. The molecule has 0 atom stereocenters. The first kappa shape index (κ1) is 9.52. The normalized spacial score (nSPS) is 8.50. The third-order valence-corrected chi connectivity index (χ3v) is 1.35. The molecule has 0 aliphatic carbocycles. The van der Waals surface area contributed by atoms with Gasteiger partial charge in [0.15, 0.2) is 0 Å². The summed E-state index contributed by atoms with van der Waals surface area (Å²) in [7, 11) is 0. The minimum Gasteiger partial charge on any atom is -0.394 e. The van der Waals surface area contributed by atoms with E-state index in [1.54, 1.807) is 12.3 Å². The lowest BCUT2D eigenvalue weighted by Crippen LogP contribution is -2.09. The second-order valence-corrected chi connectivity index (χ2v) is 2.52. The highest BCUT2D eigenvalue weighted by molar-refractivity contribution is 9.10. The maximum atomic E-state index is 10.6. The van der Waals surface area contributed by atoms with Crippen molar-refractivity contribution < 1.29 is 0 Å². The molecule has 1 aromatic rings. The van der Waals surface area contributed by atoms with Gasteiger partial charge in [-0.15, -0.1) is 12.4 Å². The van der Waals surface area contributed by atoms with Crippen molar-refractivity contribution in [3.63, 3.8) is 0 Å². The summed E-state index contributed by atoms with van der Waals surface area (Å²) >= 11 is 3.15. The summed E-state index contributed by atoms with van der Waals surface area (Å²) in [5, 5.41) is 0. The number of hydrogen-bond donors (Lipinski definition) is 2. The van der Waals surface area contributed by atoms with Crippen LogP contribution in [0.25, 0.3) is 0 Å². The van der Waals surface area contributed by atoms with Gasteiger partial charge in [0.25, 0.3) is 5.56 Å². The van der Waals surface area contributed by atoms with Crippen molar-refractivity contribution in [1.29, 1.82) is 0 Å². The molecule has 0 radical (unpaired) electrons. The van der Waals surface area contributed by atoms with Gasteiger partial charge in [0, 0.05) is 10.7 Å². The molecular formula is C5H6BrClN2O. The van der Waals surface area contributed by atoms with Crippen LogP contribution in [0.15, 0.2) is 21.5 Å². The monoisotopic (exact) mass is 224 g/mol. The van der Waals surface area contributed by atoms with Crippen LogP contribution < -0.4 is 11.3 Å². The Hall–Kier alpha value is -0.480. The van der Waals surface area contributed by atoms with E-state index in [4.69, 9.17) is 5.73 Å². The summed E-state index contributed by atoms with van der Waals surface area (Å²) < 4.78 is 0.777. The highest BCUT2D eigenvalue weighted by atomic mass is 79.9. The van der Waals surface area contributed by atoms with Crippen LogP contribution in [0.5, 0.6) is 0 Å². The van der Waals surface area contributed by atoms with E-state index < -0.39 is 0 Å². The van der Waals surface area contributed by atoms with E-state index in [0.29, 0.717) is 0 Å². The lowest BCUT2D eigenvalue weighted by atomic mass is 10.4. The van der Waals surface area contributed by atoms with Gasteiger partial charge in [0.2, 0.25) is 0 Å². The fourth-order valence-electron chi connectivity index (χ4n) is 0.474. The fourth-order valence-corrected chi connectivity index (χ4v) is 0.835. The number of aromatic amines is 1. The molecule has 0 amide bonds. The Bertz CT molecular complexity index is 273. The van der Waals surface area contributed by atoms with Crippen molar-refractivity contribution in [3.05, 3.63) is 27.1 Å². The van der Waals surface area contributed by atoms with Crippen LogP contribution >= 0.6 is 28.3 Å². The Labute approximate surface area is 72.2 Å². The minimum atomic E-state index is -0.252. The van der Waals surface area contributed by atoms with Gasteiger partial charge in [0.1, 0.15) is 0 Å². The van der Waals surface area contributed by atoms with Gasteiger partial charge in [-0.25, -0.2) is 0 Å². The van der Waals surface area contributed by atoms with Gasteiger partial charge in [-0.1, -0.05) is 0 Å². The van der Waals surface area contributed by atoms with E-state index in [9.17, 15) is 4.79 Å². The van der Waals surface area contributed by atoms with E-state index in [-0.39, 0.29) is 23.7 Å². The lowest BCUT2D eigenvalue weighted by Gasteiger charge is -1.89. The molecule has 0 aromatic carbocycles. The molecule has 10 heavy (non-hydrogen) atoms. The third kappa shape index (κ3) is 2.04. The molecule has 1 heterocycles. The van der Waals surface area contributed by atoms with Gasteiger partial charge >= 0.3 is 0 Å². The minimum absolute atomic E-state index is 0. The molecule has 3 N–H and O–H groups in total. The zero-order valence-corrected chi connectivity index (χ0v) is 7.33. The first-order chi connectivity index (χ1) is 4.20. The van der Waals surface area contributed by atoms with Gasteiger partial charge in [-0.3, -0.25) is 4.79 Å². The quantitative estimate of drug-likeness (QED) is 0.696. The van der Waals surface area contributed by atoms with Crippen LogP contribution in [0.2, 0.25) is 0 Å². The van der Waals surface area contributed by atoms with Crippen molar-refractivity contribution >= 4 is 34.0 Å². The molecule has 0 saturated carbocycles. The van der Waals surface area contributed by atoms with Crippen LogP contribution in [0.4, 0.5) is 5.69 Å². The van der Waals surface area contributed by atoms with Crippen LogP contribution in [0, 0.1) is 0 Å². The molecule has 0 bridgehead atoms. The van der Waals surface area contributed by atoms with Crippen LogP contribution in [-0.4, -0.2) is 4.98 Å². The first-order valence-electron chi connectivity index (χ1n) is 2.34. The molecule has 0 fully saturated rings. The van der Waals surface area contributed by atoms with Crippen molar-refractivity contribution in [2.24, 2.45) is 0 Å². The van der Waals surface area contributed by atoms with Crippen molar-refractivity contribution in [3.8, 4) is 0 Å². The highest BCUT2D eigenvalue weighted by Crippen LogP contribution is 2.06. The summed E-state index contributed by atoms with van der Waals surface area (Å²) in [6, 6.07) is 1.55.